The van der Waals surface area contributed by atoms with Crippen LogP contribution in [-0.2, 0) is 0 Å². The van der Waals surface area contributed by atoms with Gasteiger partial charge in [0, 0.05) is 0 Å². The van der Waals surface area contributed by atoms with Gasteiger partial charge in [0.15, 0.2) is 0 Å². The fraction of sp³-hybridized carbons (Fsp3) is 1.00. The molecule has 2 heteroatoms. The lowest BCUT2D eigenvalue weighted by Gasteiger charge is -2.40. The largest absolute Gasteiger partial charge is 0.393 e. The first-order valence-electron chi connectivity index (χ1n) is 7.24. The van der Waals surface area contributed by atoms with Crippen LogP contribution < -0.4 is 0 Å². The summed E-state index contributed by atoms with van der Waals surface area (Å²) < 4.78 is 0. The Morgan fingerprint density at radius 3 is 1.67 bits per heavy atom. The molecule has 18 heavy (non-hydrogen) atoms. The molecule has 2 N–H and O–H groups in total. The molecule has 0 aromatic carbocycles. The molecule has 0 aliphatic carbocycles. The van der Waals surface area contributed by atoms with Crippen LogP contribution in [0.15, 0.2) is 0 Å². The minimum atomic E-state index is -0.327. The van der Waals surface area contributed by atoms with E-state index in [2.05, 4.69) is 41.5 Å². The second kappa shape index (κ2) is 6.38. The van der Waals surface area contributed by atoms with Crippen molar-refractivity contribution in [1.82, 2.24) is 0 Å². The Hall–Kier alpha value is -0.0800. The van der Waals surface area contributed by atoms with E-state index in [0.29, 0.717) is 5.92 Å². The van der Waals surface area contributed by atoms with Crippen LogP contribution in [0.5, 0.6) is 0 Å². The van der Waals surface area contributed by atoms with Crippen LogP contribution in [-0.4, -0.2) is 22.4 Å². The summed E-state index contributed by atoms with van der Waals surface area (Å²) in [5, 5.41) is 20.4. The number of aliphatic hydroxyl groups is 2. The third-order valence-corrected chi connectivity index (χ3v) is 4.30. The zero-order valence-electron chi connectivity index (χ0n) is 13.6. The van der Waals surface area contributed by atoms with Crippen LogP contribution in [0.2, 0.25) is 0 Å². The second-order valence-corrected chi connectivity index (χ2v) is 8.05. The molecule has 0 amide bonds. The molecule has 0 aliphatic rings. The molecule has 0 aromatic heterocycles. The lowest BCUT2D eigenvalue weighted by Crippen LogP contribution is -2.39. The van der Waals surface area contributed by atoms with E-state index in [1.165, 1.54) is 0 Å². The van der Waals surface area contributed by atoms with Gasteiger partial charge in [0.2, 0.25) is 0 Å². The third kappa shape index (κ3) is 5.71. The van der Waals surface area contributed by atoms with E-state index in [1.807, 2.05) is 13.8 Å². The Morgan fingerprint density at radius 2 is 1.33 bits per heavy atom. The number of hydrogen-bond donors (Lipinski definition) is 2. The van der Waals surface area contributed by atoms with E-state index in [0.717, 1.165) is 12.8 Å². The van der Waals surface area contributed by atoms with Gasteiger partial charge in [0.25, 0.3) is 0 Å². The fourth-order valence-corrected chi connectivity index (χ4v) is 2.11. The monoisotopic (exact) mass is 258 g/mol. The topological polar surface area (TPSA) is 40.5 Å². The lowest BCUT2D eigenvalue weighted by molar-refractivity contribution is -0.0316. The van der Waals surface area contributed by atoms with Gasteiger partial charge in [-0.2, -0.15) is 0 Å². The molecular formula is C16H34O2. The van der Waals surface area contributed by atoms with Gasteiger partial charge in [-0.05, 0) is 35.5 Å². The summed E-state index contributed by atoms with van der Waals surface area (Å²) in [5.74, 6) is 0.579. The lowest BCUT2D eigenvalue weighted by atomic mass is 9.68. The number of rotatable bonds is 6. The molecule has 3 atom stereocenters. The second-order valence-electron chi connectivity index (χ2n) is 8.05. The van der Waals surface area contributed by atoms with Crippen LogP contribution in [0, 0.1) is 22.7 Å². The summed E-state index contributed by atoms with van der Waals surface area (Å²) in [5.41, 5.74) is -0.0315. The summed E-state index contributed by atoms with van der Waals surface area (Å²) in [7, 11) is 0. The summed E-state index contributed by atoms with van der Waals surface area (Å²) in [6.07, 6.45) is 0.946. The van der Waals surface area contributed by atoms with E-state index in [9.17, 15) is 10.2 Å². The van der Waals surface area contributed by atoms with Crippen molar-refractivity contribution in [2.45, 2.75) is 80.4 Å². The Balaban J connectivity index is 4.60. The van der Waals surface area contributed by atoms with Gasteiger partial charge in [-0.15, -0.1) is 0 Å². The standard InChI is InChI=1S/C16H34O2/c1-11(2)13(17)9-12(3)16(7,8)14(18)10-15(4,5)6/h11-14,17-18H,9-10H2,1-8H3. The van der Waals surface area contributed by atoms with Crippen molar-refractivity contribution in [1.29, 1.82) is 0 Å². The van der Waals surface area contributed by atoms with Gasteiger partial charge in [-0.1, -0.05) is 55.4 Å². The highest BCUT2D eigenvalue weighted by Gasteiger charge is 2.36. The highest BCUT2D eigenvalue weighted by molar-refractivity contribution is 4.87. The molecule has 0 rings (SSSR count). The quantitative estimate of drug-likeness (QED) is 0.759. The predicted octanol–water partition coefficient (Wildman–Crippen LogP) is 3.85. The van der Waals surface area contributed by atoms with Crippen molar-refractivity contribution in [3.63, 3.8) is 0 Å². The third-order valence-electron chi connectivity index (χ3n) is 4.30. The van der Waals surface area contributed by atoms with Crippen molar-refractivity contribution < 1.29 is 10.2 Å². The van der Waals surface area contributed by atoms with Crippen molar-refractivity contribution in [3.05, 3.63) is 0 Å². The molecule has 0 saturated carbocycles. The maximum atomic E-state index is 10.5. The summed E-state index contributed by atoms with van der Waals surface area (Å²) >= 11 is 0. The predicted molar refractivity (Wildman–Crippen MR) is 78.5 cm³/mol. The van der Waals surface area contributed by atoms with Gasteiger partial charge < -0.3 is 10.2 Å². The van der Waals surface area contributed by atoms with Crippen molar-refractivity contribution >= 4 is 0 Å². The molecule has 0 heterocycles. The SMILES string of the molecule is CC(C)C(O)CC(C)C(C)(C)C(O)CC(C)(C)C. The molecule has 3 unspecified atom stereocenters. The maximum Gasteiger partial charge on any atom is 0.0598 e. The molecule has 110 valence electrons. The van der Waals surface area contributed by atoms with Crippen LogP contribution in [0.1, 0.15) is 68.2 Å². The molecule has 0 aromatic rings. The molecule has 2 nitrogen and oxygen atoms in total. The Labute approximate surface area is 114 Å². The fourth-order valence-electron chi connectivity index (χ4n) is 2.11. The first-order chi connectivity index (χ1) is 7.88. The molecule has 0 spiro atoms. The van der Waals surface area contributed by atoms with Gasteiger partial charge in [-0.3, -0.25) is 0 Å². The number of aliphatic hydroxyl groups excluding tert-OH is 2. The Morgan fingerprint density at radius 1 is 0.889 bits per heavy atom. The van der Waals surface area contributed by atoms with E-state index in [-0.39, 0.29) is 29.0 Å². The molecular weight excluding hydrogens is 224 g/mol. The van der Waals surface area contributed by atoms with Crippen molar-refractivity contribution in [2.75, 3.05) is 0 Å². The molecule has 0 saturated heterocycles. The molecule has 0 aliphatic heterocycles. The molecule has 0 radical (unpaired) electrons. The highest BCUT2D eigenvalue weighted by Crippen LogP contribution is 2.39. The average Bonchev–Trinajstić information content (AvgIpc) is 2.14. The normalized spacial score (nSPS) is 18.8. The van der Waals surface area contributed by atoms with Crippen molar-refractivity contribution in [2.24, 2.45) is 22.7 Å². The van der Waals surface area contributed by atoms with E-state index in [1.54, 1.807) is 0 Å². The maximum absolute atomic E-state index is 10.5. The van der Waals surface area contributed by atoms with Crippen LogP contribution >= 0.6 is 0 Å². The van der Waals surface area contributed by atoms with Gasteiger partial charge >= 0.3 is 0 Å². The summed E-state index contributed by atoms with van der Waals surface area (Å²) in [6, 6.07) is 0. The van der Waals surface area contributed by atoms with Crippen LogP contribution in [0.4, 0.5) is 0 Å². The van der Waals surface area contributed by atoms with Gasteiger partial charge in [0.05, 0.1) is 12.2 Å². The minimum absolute atomic E-state index is 0.132. The van der Waals surface area contributed by atoms with E-state index >= 15 is 0 Å². The molecule has 0 bridgehead atoms. The first-order valence-corrected chi connectivity index (χ1v) is 7.24. The van der Waals surface area contributed by atoms with Crippen LogP contribution in [0.25, 0.3) is 0 Å². The smallest absolute Gasteiger partial charge is 0.0598 e. The number of hydrogen-bond acceptors (Lipinski definition) is 2. The van der Waals surface area contributed by atoms with Crippen molar-refractivity contribution in [3.8, 4) is 0 Å². The van der Waals surface area contributed by atoms with E-state index in [4.69, 9.17) is 0 Å². The summed E-state index contributed by atoms with van der Waals surface area (Å²) in [4.78, 5) is 0. The van der Waals surface area contributed by atoms with Gasteiger partial charge in [0.1, 0.15) is 0 Å². The van der Waals surface area contributed by atoms with Crippen LogP contribution in [0.3, 0.4) is 0 Å². The Bertz CT molecular complexity index is 238. The minimum Gasteiger partial charge on any atom is -0.393 e. The molecule has 0 fully saturated rings. The highest BCUT2D eigenvalue weighted by atomic mass is 16.3. The summed E-state index contributed by atoms with van der Waals surface area (Å²) in [6.45, 7) is 16.9. The first kappa shape index (κ1) is 17.9. The zero-order valence-corrected chi connectivity index (χ0v) is 13.6. The van der Waals surface area contributed by atoms with Gasteiger partial charge in [-0.25, -0.2) is 0 Å². The zero-order chi connectivity index (χ0) is 14.7. The van der Waals surface area contributed by atoms with E-state index < -0.39 is 0 Å². The Kier molecular flexibility index (Phi) is 6.35. The average molecular weight is 258 g/mol.